The van der Waals surface area contributed by atoms with E-state index in [1.807, 2.05) is 13.8 Å². The summed E-state index contributed by atoms with van der Waals surface area (Å²) in [4.78, 5) is 16.9. The Balaban J connectivity index is 2.57. The number of unbranched alkanes of at least 4 members (excludes halogenated alkanes) is 2. The average molecular weight is 426 g/mol. The van der Waals surface area contributed by atoms with Gasteiger partial charge in [0.2, 0.25) is 0 Å². The summed E-state index contributed by atoms with van der Waals surface area (Å²) in [5, 5.41) is 2.97. The third-order valence-corrected chi connectivity index (χ3v) is 6.66. The van der Waals surface area contributed by atoms with Crippen LogP contribution < -0.4 is 5.32 Å². The lowest BCUT2D eigenvalue weighted by Crippen LogP contribution is -2.47. The molecule has 1 rings (SSSR count). The van der Waals surface area contributed by atoms with Gasteiger partial charge in [0.1, 0.15) is 0 Å². The molecule has 0 fully saturated rings. The SMILES string of the molecule is CCCCN(CCCC)CCNC(=O)N(CCS(=O)(=O)c1ccccc1)C(C)C. The Morgan fingerprint density at radius 2 is 1.55 bits per heavy atom. The summed E-state index contributed by atoms with van der Waals surface area (Å²) >= 11 is 0. The summed E-state index contributed by atoms with van der Waals surface area (Å²) in [6, 6.07) is 8.13. The molecule has 29 heavy (non-hydrogen) atoms. The Bertz CT molecular complexity index is 670. The van der Waals surface area contributed by atoms with Crippen molar-refractivity contribution < 1.29 is 13.2 Å². The number of benzene rings is 1. The Labute approximate surface area is 177 Å². The Morgan fingerprint density at radius 1 is 0.966 bits per heavy atom. The van der Waals surface area contributed by atoms with Gasteiger partial charge >= 0.3 is 6.03 Å². The van der Waals surface area contributed by atoms with Gasteiger partial charge in [-0.05, 0) is 51.9 Å². The third-order valence-electron chi connectivity index (χ3n) is 4.95. The second-order valence-corrected chi connectivity index (χ2v) is 9.81. The van der Waals surface area contributed by atoms with Crippen LogP contribution in [0.1, 0.15) is 53.4 Å². The number of carbonyl (C=O) groups excluding carboxylic acids is 1. The van der Waals surface area contributed by atoms with Crippen molar-refractivity contribution in [2.24, 2.45) is 0 Å². The van der Waals surface area contributed by atoms with E-state index in [1.165, 1.54) is 0 Å². The highest BCUT2D eigenvalue weighted by atomic mass is 32.2. The molecule has 0 aliphatic heterocycles. The van der Waals surface area contributed by atoms with Crippen molar-refractivity contribution in [3.63, 3.8) is 0 Å². The molecule has 0 aromatic heterocycles. The minimum Gasteiger partial charge on any atom is -0.337 e. The monoisotopic (exact) mass is 425 g/mol. The second-order valence-electron chi connectivity index (χ2n) is 7.70. The Kier molecular flexibility index (Phi) is 11.9. The lowest BCUT2D eigenvalue weighted by Gasteiger charge is -2.28. The van der Waals surface area contributed by atoms with Crippen molar-refractivity contribution in [2.45, 2.75) is 64.3 Å². The van der Waals surface area contributed by atoms with E-state index in [2.05, 4.69) is 24.1 Å². The molecule has 0 radical (unpaired) electrons. The zero-order chi connectivity index (χ0) is 21.7. The topological polar surface area (TPSA) is 69.7 Å². The minimum absolute atomic E-state index is 0.0720. The quantitative estimate of drug-likeness (QED) is 0.492. The molecular formula is C22H39N3O3S. The molecule has 0 heterocycles. The van der Waals surface area contributed by atoms with Gasteiger partial charge in [-0.1, -0.05) is 44.9 Å². The van der Waals surface area contributed by atoms with Crippen LogP contribution in [0.15, 0.2) is 35.2 Å². The van der Waals surface area contributed by atoms with Crippen molar-refractivity contribution in [3.05, 3.63) is 30.3 Å². The summed E-state index contributed by atoms with van der Waals surface area (Å²) in [7, 11) is -3.41. The molecule has 166 valence electrons. The number of nitrogens with one attached hydrogen (secondary N) is 1. The predicted octanol–water partition coefficient (Wildman–Crippen LogP) is 3.78. The predicted molar refractivity (Wildman–Crippen MR) is 120 cm³/mol. The summed E-state index contributed by atoms with van der Waals surface area (Å²) in [6.45, 7) is 11.8. The van der Waals surface area contributed by atoms with Crippen molar-refractivity contribution in [3.8, 4) is 0 Å². The molecule has 1 aromatic carbocycles. The molecule has 7 heteroatoms. The normalized spacial score (nSPS) is 11.8. The highest BCUT2D eigenvalue weighted by molar-refractivity contribution is 7.91. The first kappa shape index (κ1) is 25.4. The fourth-order valence-electron chi connectivity index (χ4n) is 3.08. The maximum Gasteiger partial charge on any atom is 0.317 e. The van der Waals surface area contributed by atoms with Crippen molar-refractivity contribution >= 4 is 15.9 Å². The summed E-state index contributed by atoms with van der Waals surface area (Å²) in [6.07, 6.45) is 4.64. The molecule has 0 unspecified atom stereocenters. The summed E-state index contributed by atoms with van der Waals surface area (Å²) in [5.74, 6) is -0.0816. The van der Waals surface area contributed by atoms with Gasteiger partial charge in [0.25, 0.3) is 0 Å². The number of urea groups is 1. The first-order valence-corrected chi connectivity index (χ1v) is 12.5. The molecule has 1 aromatic rings. The highest BCUT2D eigenvalue weighted by Crippen LogP contribution is 2.11. The minimum atomic E-state index is -3.41. The number of nitrogens with zero attached hydrogens (tertiary/aromatic N) is 2. The largest absolute Gasteiger partial charge is 0.337 e. The highest BCUT2D eigenvalue weighted by Gasteiger charge is 2.21. The maximum atomic E-state index is 12.6. The third kappa shape index (κ3) is 9.63. The van der Waals surface area contributed by atoms with E-state index in [9.17, 15) is 13.2 Å². The van der Waals surface area contributed by atoms with E-state index < -0.39 is 9.84 Å². The first-order chi connectivity index (χ1) is 13.8. The Morgan fingerprint density at radius 3 is 2.07 bits per heavy atom. The fraction of sp³-hybridized carbons (Fsp3) is 0.682. The van der Waals surface area contributed by atoms with Gasteiger partial charge in [-0.15, -0.1) is 0 Å². The number of sulfone groups is 1. The van der Waals surface area contributed by atoms with Crippen LogP contribution in [0.2, 0.25) is 0 Å². The smallest absolute Gasteiger partial charge is 0.317 e. The number of rotatable bonds is 14. The number of hydrogen-bond acceptors (Lipinski definition) is 4. The fourth-order valence-corrected chi connectivity index (χ4v) is 4.32. The van der Waals surface area contributed by atoms with Crippen molar-refractivity contribution in [2.75, 3.05) is 38.5 Å². The molecule has 0 saturated heterocycles. The molecule has 0 atom stereocenters. The second kappa shape index (κ2) is 13.6. The number of carbonyl (C=O) groups is 1. The van der Waals surface area contributed by atoms with Crippen LogP contribution in [-0.4, -0.2) is 68.8 Å². The van der Waals surface area contributed by atoms with E-state index in [-0.39, 0.29) is 24.4 Å². The van der Waals surface area contributed by atoms with Gasteiger partial charge in [0.15, 0.2) is 9.84 Å². The summed E-state index contributed by atoms with van der Waals surface area (Å²) in [5.41, 5.74) is 0. The lowest BCUT2D eigenvalue weighted by molar-refractivity contribution is 0.184. The molecule has 0 bridgehead atoms. The van der Waals surface area contributed by atoms with E-state index in [1.54, 1.807) is 35.2 Å². The van der Waals surface area contributed by atoms with Crippen molar-refractivity contribution in [1.29, 1.82) is 0 Å². The maximum absolute atomic E-state index is 12.6. The van der Waals surface area contributed by atoms with Crippen LogP contribution >= 0.6 is 0 Å². The molecular weight excluding hydrogens is 386 g/mol. The van der Waals surface area contributed by atoms with E-state index in [4.69, 9.17) is 0 Å². The van der Waals surface area contributed by atoms with Crippen LogP contribution in [0, 0.1) is 0 Å². The molecule has 0 saturated carbocycles. The zero-order valence-electron chi connectivity index (χ0n) is 18.6. The van der Waals surface area contributed by atoms with E-state index >= 15 is 0 Å². The van der Waals surface area contributed by atoms with Gasteiger partial charge in [0, 0.05) is 25.7 Å². The lowest BCUT2D eigenvalue weighted by atomic mass is 10.2. The van der Waals surface area contributed by atoms with Crippen LogP contribution in [-0.2, 0) is 9.84 Å². The van der Waals surface area contributed by atoms with E-state index in [0.29, 0.717) is 11.4 Å². The molecule has 0 aliphatic carbocycles. The first-order valence-electron chi connectivity index (χ1n) is 10.9. The Hall–Kier alpha value is -1.60. The van der Waals surface area contributed by atoms with Crippen molar-refractivity contribution in [1.82, 2.24) is 15.1 Å². The van der Waals surface area contributed by atoms with Gasteiger partial charge in [-0.25, -0.2) is 13.2 Å². The molecule has 0 aliphatic rings. The van der Waals surface area contributed by atoms with Crippen LogP contribution in [0.4, 0.5) is 4.79 Å². The van der Waals surface area contributed by atoms with Crippen LogP contribution in [0.3, 0.4) is 0 Å². The van der Waals surface area contributed by atoms with Gasteiger partial charge in [-0.2, -0.15) is 0 Å². The average Bonchev–Trinajstić information content (AvgIpc) is 2.70. The molecule has 6 nitrogen and oxygen atoms in total. The zero-order valence-corrected chi connectivity index (χ0v) is 19.4. The van der Waals surface area contributed by atoms with Gasteiger partial charge < -0.3 is 15.1 Å². The van der Waals surface area contributed by atoms with E-state index in [0.717, 1.165) is 45.3 Å². The molecule has 1 N–H and O–H groups in total. The van der Waals surface area contributed by atoms with Crippen LogP contribution in [0.25, 0.3) is 0 Å². The number of hydrogen-bond donors (Lipinski definition) is 1. The standard InChI is InChI=1S/C22H39N3O3S/c1-5-7-15-24(16-8-6-2)17-14-23-22(26)25(20(3)4)18-19-29(27,28)21-12-10-9-11-13-21/h9-13,20H,5-8,14-19H2,1-4H3,(H,23,26). The molecule has 2 amide bonds. The van der Waals surface area contributed by atoms with Gasteiger partial charge in [0.05, 0.1) is 10.6 Å². The number of amides is 2. The molecule has 0 spiro atoms. The van der Waals surface area contributed by atoms with Crippen LogP contribution in [0.5, 0.6) is 0 Å². The van der Waals surface area contributed by atoms with Gasteiger partial charge in [-0.3, -0.25) is 0 Å². The summed E-state index contributed by atoms with van der Waals surface area (Å²) < 4.78 is 25.0.